The van der Waals surface area contributed by atoms with Crippen molar-refractivity contribution in [1.82, 2.24) is 15.5 Å². The fourth-order valence-electron chi connectivity index (χ4n) is 1.66. The molecule has 0 spiro atoms. The lowest BCUT2D eigenvalue weighted by atomic mass is 10.2. The van der Waals surface area contributed by atoms with Gasteiger partial charge in [-0.3, -0.25) is 0 Å². The molecule has 1 unspecified atom stereocenters. The SMILES string of the molecule is CCNCC(C)c1nc(-c2ccc(F)cc2Br)no1. The van der Waals surface area contributed by atoms with Crippen LogP contribution in [-0.2, 0) is 0 Å². The Kier molecular flexibility index (Phi) is 4.66. The van der Waals surface area contributed by atoms with Gasteiger partial charge in [0.25, 0.3) is 0 Å². The van der Waals surface area contributed by atoms with Gasteiger partial charge in [-0.15, -0.1) is 0 Å². The summed E-state index contributed by atoms with van der Waals surface area (Å²) in [6, 6.07) is 4.38. The van der Waals surface area contributed by atoms with Crippen molar-refractivity contribution in [3.63, 3.8) is 0 Å². The Morgan fingerprint density at radius 3 is 2.95 bits per heavy atom. The lowest BCUT2D eigenvalue weighted by Gasteiger charge is -2.05. The molecule has 102 valence electrons. The molecule has 1 atom stereocenters. The van der Waals surface area contributed by atoms with E-state index in [-0.39, 0.29) is 11.7 Å². The van der Waals surface area contributed by atoms with E-state index in [9.17, 15) is 4.39 Å². The highest BCUT2D eigenvalue weighted by atomic mass is 79.9. The summed E-state index contributed by atoms with van der Waals surface area (Å²) in [7, 11) is 0. The zero-order valence-electron chi connectivity index (χ0n) is 10.8. The number of rotatable bonds is 5. The van der Waals surface area contributed by atoms with Gasteiger partial charge in [0.05, 0.1) is 0 Å². The largest absolute Gasteiger partial charge is 0.339 e. The molecule has 0 saturated carbocycles. The van der Waals surface area contributed by atoms with Gasteiger partial charge in [-0.1, -0.05) is 19.0 Å². The highest BCUT2D eigenvalue weighted by molar-refractivity contribution is 9.10. The van der Waals surface area contributed by atoms with Gasteiger partial charge < -0.3 is 9.84 Å². The van der Waals surface area contributed by atoms with Gasteiger partial charge in [-0.05, 0) is 40.7 Å². The van der Waals surface area contributed by atoms with Crippen molar-refractivity contribution < 1.29 is 8.91 Å². The highest BCUT2D eigenvalue weighted by Crippen LogP contribution is 2.27. The molecule has 2 rings (SSSR count). The minimum Gasteiger partial charge on any atom is -0.339 e. The Hall–Kier alpha value is -1.27. The minimum absolute atomic E-state index is 0.139. The van der Waals surface area contributed by atoms with Crippen molar-refractivity contribution in [3.8, 4) is 11.4 Å². The maximum Gasteiger partial charge on any atom is 0.231 e. The number of hydrogen-bond donors (Lipinski definition) is 1. The predicted octanol–water partition coefficient (Wildman–Crippen LogP) is 3.35. The summed E-state index contributed by atoms with van der Waals surface area (Å²) in [5.74, 6) is 0.873. The third-order valence-electron chi connectivity index (χ3n) is 2.74. The molecule has 0 radical (unpaired) electrons. The number of hydrogen-bond acceptors (Lipinski definition) is 4. The molecule has 0 fully saturated rings. The van der Waals surface area contributed by atoms with Gasteiger partial charge in [0.15, 0.2) is 0 Å². The van der Waals surface area contributed by atoms with Crippen LogP contribution in [0.5, 0.6) is 0 Å². The zero-order valence-corrected chi connectivity index (χ0v) is 12.4. The molecule has 4 nitrogen and oxygen atoms in total. The molecule has 19 heavy (non-hydrogen) atoms. The average Bonchev–Trinajstić information content (AvgIpc) is 2.85. The van der Waals surface area contributed by atoms with Crippen molar-refractivity contribution in [3.05, 3.63) is 34.4 Å². The summed E-state index contributed by atoms with van der Waals surface area (Å²) >= 11 is 3.30. The molecule has 1 aromatic carbocycles. The van der Waals surface area contributed by atoms with Crippen molar-refractivity contribution in [2.75, 3.05) is 13.1 Å². The maximum absolute atomic E-state index is 13.0. The second-order valence-electron chi connectivity index (χ2n) is 4.29. The summed E-state index contributed by atoms with van der Waals surface area (Å²) in [5.41, 5.74) is 0.715. The highest BCUT2D eigenvalue weighted by Gasteiger charge is 2.16. The smallest absolute Gasteiger partial charge is 0.231 e. The molecule has 0 bridgehead atoms. The fraction of sp³-hybridized carbons (Fsp3) is 0.385. The van der Waals surface area contributed by atoms with Crippen LogP contribution in [0.25, 0.3) is 11.4 Å². The molecular weight excluding hydrogens is 313 g/mol. The summed E-state index contributed by atoms with van der Waals surface area (Å²) in [5, 5.41) is 7.17. The summed E-state index contributed by atoms with van der Waals surface area (Å²) in [6.07, 6.45) is 0. The number of nitrogens with one attached hydrogen (secondary N) is 1. The Balaban J connectivity index is 2.20. The predicted molar refractivity (Wildman–Crippen MR) is 74.4 cm³/mol. The van der Waals surface area contributed by atoms with E-state index in [1.54, 1.807) is 6.07 Å². The topological polar surface area (TPSA) is 51.0 Å². The third-order valence-corrected chi connectivity index (χ3v) is 3.39. The molecule has 6 heteroatoms. The molecule has 0 aliphatic rings. The van der Waals surface area contributed by atoms with Gasteiger partial charge >= 0.3 is 0 Å². The molecular formula is C13H15BrFN3O. The van der Waals surface area contributed by atoms with E-state index in [1.807, 2.05) is 13.8 Å². The second kappa shape index (κ2) is 6.25. The van der Waals surface area contributed by atoms with Crippen LogP contribution in [-0.4, -0.2) is 23.2 Å². The van der Waals surface area contributed by atoms with Gasteiger partial charge in [-0.2, -0.15) is 4.98 Å². The van der Waals surface area contributed by atoms with Crippen LogP contribution in [0.3, 0.4) is 0 Å². The molecule has 1 aromatic heterocycles. The third kappa shape index (κ3) is 3.39. The monoisotopic (exact) mass is 327 g/mol. The van der Waals surface area contributed by atoms with E-state index in [2.05, 4.69) is 31.4 Å². The van der Waals surface area contributed by atoms with Gasteiger partial charge in [-0.25, -0.2) is 4.39 Å². The Labute approximate surface area is 119 Å². The molecule has 1 heterocycles. The normalized spacial score (nSPS) is 12.6. The quantitative estimate of drug-likeness (QED) is 0.914. The van der Waals surface area contributed by atoms with Crippen LogP contribution in [0.4, 0.5) is 4.39 Å². The molecule has 0 saturated heterocycles. The van der Waals surface area contributed by atoms with Crippen LogP contribution in [0.15, 0.2) is 27.2 Å². The molecule has 2 aromatic rings. The summed E-state index contributed by atoms with van der Waals surface area (Å²) in [6.45, 7) is 5.73. The summed E-state index contributed by atoms with van der Waals surface area (Å²) < 4.78 is 18.9. The molecule has 0 aliphatic carbocycles. The lowest BCUT2D eigenvalue weighted by molar-refractivity contribution is 0.355. The number of aromatic nitrogens is 2. The average molecular weight is 328 g/mol. The minimum atomic E-state index is -0.306. The van der Waals surface area contributed by atoms with Crippen LogP contribution in [0.2, 0.25) is 0 Å². The zero-order chi connectivity index (χ0) is 13.8. The molecule has 0 aliphatic heterocycles. The van der Waals surface area contributed by atoms with E-state index in [0.29, 0.717) is 21.8 Å². The lowest BCUT2D eigenvalue weighted by Crippen LogP contribution is -2.19. The standard InChI is InChI=1S/C13H15BrFN3O/c1-3-16-7-8(2)13-17-12(18-19-13)10-5-4-9(15)6-11(10)14/h4-6,8,16H,3,7H2,1-2H3. The maximum atomic E-state index is 13.0. The first-order chi connectivity index (χ1) is 9.11. The van der Waals surface area contributed by atoms with E-state index < -0.39 is 0 Å². The van der Waals surface area contributed by atoms with Crippen LogP contribution >= 0.6 is 15.9 Å². The van der Waals surface area contributed by atoms with E-state index in [0.717, 1.165) is 13.1 Å². The van der Waals surface area contributed by atoms with Crippen LogP contribution in [0.1, 0.15) is 25.7 Å². The second-order valence-corrected chi connectivity index (χ2v) is 5.14. The summed E-state index contributed by atoms with van der Waals surface area (Å²) in [4.78, 5) is 4.35. The molecule has 0 amide bonds. The van der Waals surface area contributed by atoms with Crippen LogP contribution in [0, 0.1) is 5.82 Å². The van der Waals surface area contributed by atoms with E-state index >= 15 is 0 Å². The van der Waals surface area contributed by atoms with Gasteiger partial charge in [0.1, 0.15) is 5.82 Å². The van der Waals surface area contributed by atoms with Crippen LogP contribution < -0.4 is 5.32 Å². The Bertz CT molecular complexity index is 559. The first-order valence-corrected chi connectivity index (χ1v) is 6.91. The van der Waals surface area contributed by atoms with Gasteiger partial charge in [0, 0.05) is 22.5 Å². The molecule has 1 N–H and O–H groups in total. The number of nitrogens with zero attached hydrogens (tertiary/aromatic N) is 2. The van der Waals surface area contributed by atoms with E-state index in [1.165, 1.54) is 12.1 Å². The van der Waals surface area contributed by atoms with Crippen molar-refractivity contribution in [2.24, 2.45) is 0 Å². The van der Waals surface area contributed by atoms with E-state index in [4.69, 9.17) is 4.52 Å². The van der Waals surface area contributed by atoms with Crippen molar-refractivity contribution in [1.29, 1.82) is 0 Å². The number of benzene rings is 1. The fourth-order valence-corrected chi connectivity index (χ4v) is 2.19. The number of likely N-dealkylation sites (N-methyl/N-ethyl adjacent to an activating group) is 1. The first-order valence-electron chi connectivity index (χ1n) is 6.11. The number of halogens is 2. The Morgan fingerprint density at radius 2 is 2.26 bits per heavy atom. The van der Waals surface area contributed by atoms with Crippen molar-refractivity contribution >= 4 is 15.9 Å². The van der Waals surface area contributed by atoms with Crippen molar-refractivity contribution in [2.45, 2.75) is 19.8 Å². The van der Waals surface area contributed by atoms with Gasteiger partial charge in [0.2, 0.25) is 11.7 Å². The first kappa shape index (κ1) is 14.1. The Morgan fingerprint density at radius 1 is 1.47 bits per heavy atom.